The van der Waals surface area contributed by atoms with Crippen LogP contribution in [0, 0.1) is 0 Å². The molecular weight excluding hydrogens is 392 g/mol. The Hall–Kier alpha value is -0.540. The van der Waals surface area contributed by atoms with Gasteiger partial charge in [-0.2, -0.15) is 0 Å². The summed E-state index contributed by atoms with van der Waals surface area (Å²) in [7, 11) is -0.129. The predicted octanol–water partition coefficient (Wildman–Crippen LogP) is 3.77. The first kappa shape index (κ1) is 30.7. The number of carbonyl (C=O) groups is 1. The number of carbonyl (C=O) groups excluding carboxylic acids is 1. The number of unbranched alkanes of at least 4 members (excludes halogenated alkanes) is 8. The molecule has 29 heavy (non-hydrogen) atoms. The fraction of sp³-hybridized carbons (Fsp3) is 0.952. The quantitative estimate of drug-likeness (QED) is 0.160. The average Bonchev–Trinajstić information content (AvgIpc) is 2.63. The molecule has 0 spiro atoms. The summed E-state index contributed by atoms with van der Waals surface area (Å²) in [6.45, 7) is 7.36. The maximum absolute atomic E-state index is 12.3. The lowest BCUT2D eigenvalue weighted by molar-refractivity contribution is -0.904. The molecule has 7 nitrogen and oxygen atoms in total. The molecule has 0 saturated heterocycles. The molecule has 0 aromatic carbocycles. The van der Waals surface area contributed by atoms with Crippen molar-refractivity contribution in [3.05, 3.63) is 0 Å². The fourth-order valence-corrected chi connectivity index (χ4v) is 3.33. The summed E-state index contributed by atoms with van der Waals surface area (Å²) in [4.78, 5) is 12.3. The third-order valence-electron chi connectivity index (χ3n) is 5.24. The molecule has 0 rings (SSSR count). The number of ketones is 1. The first-order valence-corrected chi connectivity index (χ1v) is 12.5. The van der Waals surface area contributed by atoms with Gasteiger partial charge in [0.05, 0.1) is 27.2 Å². The van der Waals surface area contributed by atoms with Crippen LogP contribution in [0.25, 0.3) is 0 Å². The van der Waals surface area contributed by atoms with E-state index in [0.29, 0.717) is 12.3 Å². The van der Waals surface area contributed by atoms with Gasteiger partial charge in [-0.15, -0.1) is 0 Å². The van der Waals surface area contributed by atoms with Crippen LogP contribution in [0.3, 0.4) is 0 Å². The number of likely N-dealkylation sites (N-methyl/N-ethyl adjacent to an activating group) is 1. The standard InChI is InChI=1S/C19H41N2O.C2H6O4S/c1-5-6-7-8-9-10-11-12-13-15-19(22)18(2)21(3,4)17-14-16-20;1-2-6-7(3,4)5/h18H,5-17,20H2,1-4H3;2H2,1H3,(H,3,4,5)/q+1;/p-1. The van der Waals surface area contributed by atoms with Crippen LogP contribution in [0.15, 0.2) is 0 Å². The molecule has 0 fully saturated rings. The first-order chi connectivity index (χ1) is 13.5. The molecule has 1 atom stereocenters. The van der Waals surface area contributed by atoms with Gasteiger partial charge in [-0.25, -0.2) is 8.42 Å². The van der Waals surface area contributed by atoms with Crippen LogP contribution in [-0.4, -0.2) is 63.1 Å². The molecule has 0 aromatic rings. The zero-order valence-corrected chi connectivity index (χ0v) is 20.3. The lowest BCUT2D eigenvalue weighted by Gasteiger charge is -2.35. The van der Waals surface area contributed by atoms with E-state index in [4.69, 9.17) is 5.73 Å². The van der Waals surface area contributed by atoms with Crippen molar-refractivity contribution in [3.63, 3.8) is 0 Å². The minimum Gasteiger partial charge on any atom is -0.726 e. The fourth-order valence-electron chi connectivity index (χ4n) is 3.05. The highest BCUT2D eigenvalue weighted by Crippen LogP contribution is 2.14. The Morgan fingerprint density at radius 3 is 1.83 bits per heavy atom. The molecule has 8 heteroatoms. The Labute approximate surface area is 179 Å². The van der Waals surface area contributed by atoms with Gasteiger partial charge in [-0.05, 0) is 26.8 Å². The predicted molar refractivity (Wildman–Crippen MR) is 118 cm³/mol. The lowest BCUT2D eigenvalue weighted by atomic mass is 10.0. The molecule has 1 unspecified atom stereocenters. The highest BCUT2D eigenvalue weighted by Gasteiger charge is 2.29. The normalized spacial score (nSPS) is 12.9. The van der Waals surface area contributed by atoms with Crippen molar-refractivity contribution >= 4 is 16.2 Å². The molecule has 0 amide bonds. The number of rotatable bonds is 17. The van der Waals surface area contributed by atoms with E-state index in [1.165, 1.54) is 58.3 Å². The van der Waals surface area contributed by atoms with E-state index in [2.05, 4.69) is 32.1 Å². The SMILES string of the molecule is CCCCCCCCCCCC(=O)C(C)[N+](C)(C)CCCN.CCOS(=O)(=O)[O-]. The number of quaternary nitrogens is 1. The van der Waals surface area contributed by atoms with Crippen LogP contribution in [0.2, 0.25) is 0 Å². The summed E-state index contributed by atoms with van der Waals surface area (Å²) >= 11 is 0. The molecule has 0 aliphatic heterocycles. The topological polar surface area (TPSA) is 110 Å². The maximum Gasteiger partial charge on any atom is 0.217 e. The van der Waals surface area contributed by atoms with Gasteiger partial charge >= 0.3 is 0 Å². The van der Waals surface area contributed by atoms with E-state index in [-0.39, 0.29) is 12.6 Å². The maximum atomic E-state index is 12.3. The number of Topliss-reactive ketones (excluding diaryl/α,β-unsaturated/α-hetero) is 1. The summed E-state index contributed by atoms with van der Waals surface area (Å²) in [6.07, 6.45) is 13.5. The van der Waals surface area contributed by atoms with E-state index in [1.807, 2.05) is 0 Å². The van der Waals surface area contributed by atoms with Gasteiger partial charge in [-0.3, -0.25) is 8.98 Å². The van der Waals surface area contributed by atoms with Crippen molar-refractivity contribution < 1.29 is 26.4 Å². The molecular formula is C21H46N2O5S. The zero-order valence-electron chi connectivity index (χ0n) is 19.5. The minimum atomic E-state index is -4.42. The first-order valence-electron chi connectivity index (χ1n) is 11.2. The van der Waals surface area contributed by atoms with E-state index < -0.39 is 10.4 Å². The number of nitrogens with two attached hydrogens (primary N) is 1. The van der Waals surface area contributed by atoms with Crippen LogP contribution < -0.4 is 5.73 Å². The van der Waals surface area contributed by atoms with Crippen LogP contribution in [0.1, 0.15) is 91.4 Å². The Bertz CT molecular complexity index is 495. The van der Waals surface area contributed by atoms with Crippen molar-refractivity contribution in [3.8, 4) is 0 Å². The molecule has 0 bridgehead atoms. The van der Waals surface area contributed by atoms with Gasteiger partial charge in [0.25, 0.3) is 0 Å². The Kier molecular flexibility index (Phi) is 19.3. The van der Waals surface area contributed by atoms with E-state index in [0.717, 1.165) is 30.3 Å². The van der Waals surface area contributed by atoms with Crippen molar-refractivity contribution in [2.24, 2.45) is 5.73 Å². The number of nitrogens with zero attached hydrogens (tertiary/aromatic N) is 1. The molecule has 176 valence electrons. The summed E-state index contributed by atoms with van der Waals surface area (Å²) in [5.74, 6) is 0.421. The van der Waals surface area contributed by atoms with E-state index >= 15 is 0 Å². The molecule has 0 aromatic heterocycles. The third kappa shape index (κ3) is 20.5. The van der Waals surface area contributed by atoms with Crippen LogP contribution in [-0.2, 0) is 19.4 Å². The summed E-state index contributed by atoms with van der Waals surface area (Å²) < 4.78 is 32.8. The largest absolute Gasteiger partial charge is 0.726 e. The van der Waals surface area contributed by atoms with Gasteiger partial charge in [-0.1, -0.05) is 58.3 Å². The monoisotopic (exact) mass is 438 g/mol. The lowest BCUT2D eigenvalue weighted by Crippen LogP contribution is -2.52. The second-order valence-electron chi connectivity index (χ2n) is 8.18. The van der Waals surface area contributed by atoms with Crippen LogP contribution in [0.5, 0.6) is 0 Å². The average molecular weight is 439 g/mol. The van der Waals surface area contributed by atoms with Crippen molar-refractivity contribution in [2.45, 2.75) is 97.4 Å². The zero-order chi connectivity index (χ0) is 22.8. The molecule has 0 aliphatic rings. The van der Waals surface area contributed by atoms with Crippen LogP contribution in [0.4, 0.5) is 0 Å². The van der Waals surface area contributed by atoms with Gasteiger partial charge < -0.3 is 14.8 Å². The minimum absolute atomic E-state index is 0.0914. The number of hydrogen-bond acceptors (Lipinski definition) is 6. The third-order valence-corrected chi connectivity index (χ3v) is 5.77. The van der Waals surface area contributed by atoms with Gasteiger partial charge in [0.1, 0.15) is 6.04 Å². The Morgan fingerprint density at radius 2 is 1.45 bits per heavy atom. The summed E-state index contributed by atoms with van der Waals surface area (Å²) in [5.41, 5.74) is 5.58. The number of hydrogen-bond donors (Lipinski definition) is 1. The smallest absolute Gasteiger partial charge is 0.217 e. The molecule has 0 aliphatic carbocycles. The van der Waals surface area contributed by atoms with Gasteiger partial charge in [0.15, 0.2) is 5.78 Å². The molecule has 0 heterocycles. The summed E-state index contributed by atoms with van der Waals surface area (Å²) in [6, 6.07) is 0.0978. The second kappa shape index (κ2) is 18.2. The van der Waals surface area contributed by atoms with E-state index in [9.17, 15) is 17.8 Å². The second-order valence-corrected chi connectivity index (χ2v) is 9.23. The van der Waals surface area contributed by atoms with Crippen LogP contribution >= 0.6 is 0 Å². The van der Waals surface area contributed by atoms with Crippen molar-refractivity contribution in [1.29, 1.82) is 0 Å². The Morgan fingerprint density at radius 1 is 0.966 bits per heavy atom. The Balaban J connectivity index is 0. The molecule has 0 radical (unpaired) electrons. The van der Waals surface area contributed by atoms with E-state index in [1.54, 1.807) is 0 Å². The molecule has 2 N–H and O–H groups in total. The van der Waals surface area contributed by atoms with Gasteiger partial charge in [0, 0.05) is 12.8 Å². The van der Waals surface area contributed by atoms with Crippen molar-refractivity contribution in [2.75, 3.05) is 33.8 Å². The highest BCUT2D eigenvalue weighted by atomic mass is 32.3. The van der Waals surface area contributed by atoms with Gasteiger partial charge in [0.2, 0.25) is 10.4 Å². The van der Waals surface area contributed by atoms with Crippen molar-refractivity contribution in [1.82, 2.24) is 0 Å². The summed E-state index contributed by atoms with van der Waals surface area (Å²) in [5, 5.41) is 0. The molecule has 0 saturated carbocycles. The highest BCUT2D eigenvalue weighted by molar-refractivity contribution is 7.80.